The Balaban J connectivity index is 2.32. The summed E-state index contributed by atoms with van der Waals surface area (Å²) in [5, 5.41) is 11.3. The van der Waals surface area contributed by atoms with Crippen LogP contribution in [0.1, 0.15) is 10.4 Å². The smallest absolute Gasteiger partial charge is 0.337 e. The van der Waals surface area contributed by atoms with E-state index in [1.807, 2.05) is 48.5 Å². The molecule has 0 radical (unpaired) electrons. The minimum Gasteiger partial charge on any atom is -0.478 e. The van der Waals surface area contributed by atoms with Gasteiger partial charge in [0.05, 0.1) is 11.3 Å². The molecule has 0 heterocycles. The van der Waals surface area contributed by atoms with Gasteiger partial charge < -0.3 is 10.8 Å². The van der Waals surface area contributed by atoms with Crippen LogP contribution in [0.3, 0.4) is 0 Å². The second-order valence-electron chi connectivity index (χ2n) is 4.60. The van der Waals surface area contributed by atoms with Gasteiger partial charge in [0.15, 0.2) is 0 Å². The monoisotopic (exact) mass is 263 g/mol. The number of para-hydroxylation sites is 1. The van der Waals surface area contributed by atoms with Gasteiger partial charge in [-0.1, -0.05) is 54.6 Å². The molecule has 0 fully saturated rings. The number of nitrogen functional groups attached to an aromatic ring is 1. The molecule has 3 rings (SSSR count). The number of carbonyl (C=O) groups is 1. The fourth-order valence-electron chi connectivity index (χ4n) is 2.45. The first-order valence-corrected chi connectivity index (χ1v) is 6.28. The Hall–Kier alpha value is -2.81. The molecule has 3 N–H and O–H groups in total. The van der Waals surface area contributed by atoms with Crippen LogP contribution in [-0.4, -0.2) is 11.1 Å². The Kier molecular flexibility index (Phi) is 2.88. The molecule has 20 heavy (non-hydrogen) atoms. The Morgan fingerprint density at radius 2 is 1.50 bits per heavy atom. The average molecular weight is 263 g/mol. The van der Waals surface area contributed by atoms with E-state index in [1.165, 1.54) is 6.07 Å². The first kappa shape index (κ1) is 12.2. The zero-order chi connectivity index (χ0) is 14.1. The summed E-state index contributed by atoms with van der Waals surface area (Å²) in [6.07, 6.45) is 0. The van der Waals surface area contributed by atoms with Crippen molar-refractivity contribution in [2.24, 2.45) is 0 Å². The van der Waals surface area contributed by atoms with Gasteiger partial charge in [0, 0.05) is 5.56 Å². The number of anilines is 1. The molecule has 3 aromatic rings. The standard InChI is InChI=1S/C17H13NO2/c18-16-14(9-4-10-15(16)17(19)20)13-8-3-6-11-5-1-2-7-12(11)13/h1-10H,18H2,(H,19,20). The highest BCUT2D eigenvalue weighted by atomic mass is 16.4. The average Bonchev–Trinajstić information content (AvgIpc) is 2.47. The lowest BCUT2D eigenvalue weighted by Crippen LogP contribution is -2.03. The van der Waals surface area contributed by atoms with Crippen LogP contribution < -0.4 is 5.73 Å². The summed E-state index contributed by atoms with van der Waals surface area (Å²) >= 11 is 0. The summed E-state index contributed by atoms with van der Waals surface area (Å²) in [5.74, 6) is -1.01. The van der Waals surface area contributed by atoms with E-state index in [0.717, 1.165) is 21.9 Å². The van der Waals surface area contributed by atoms with Gasteiger partial charge in [-0.15, -0.1) is 0 Å². The van der Waals surface area contributed by atoms with Gasteiger partial charge in [-0.25, -0.2) is 4.79 Å². The molecule has 0 aromatic heterocycles. The van der Waals surface area contributed by atoms with E-state index in [2.05, 4.69) is 0 Å². The number of aromatic carboxylic acids is 1. The van der Waals surface area contributed by atoms with Gasteiger partial charge >= 0.3 is 5.97 Å². The van der Waals surface area contributed by atoms with Crippen molar-refractivity contribution in [3.8, 4) is 11.1 Å². The van der Waals surface area contributed by atoms with Gasteiger partial charge in [-0.3, -0.25) is 0 Å². The zero-order valence-electron chi connectivity index (χ0n) is 10.7. The summed E-state index contributed by atoms with van der Waals surface area (Å²) in [6.45, 7) is 0. The molecular weight excluding hydrogens is 250 g/mol. The molecule has 0 aliphatic carbocycles. The largest absolute Gasteiger partial charge is 0.478 e. The molecule has 0 atom stereocenters. The van der Waals surface area contributed by atoms with E-state index in [9.17, 15) is 9.90 Å². The predicted molar refractivity (Wildman–Crippen MR) is 80.8 cm³/mol. The predicted octanol–water partition coefficient (Wildman–Crippen LogP) is 3.79. The van der Waals surface area contributed by atoms with Gasteiger partial charge in [-0.05, 0) is 22.4 Å². The number of hydrogen-bond acceptors (Lipinski definition) is 2. The molecule has 3 nitrogen and oxygen atoms in total. The van der Waals surface area contributed by atoms with Crippen LogP contribution in [0.4, 0.5) is 5.69 Å². The number of hydrogen-bond donors (Lipinski definition) is 2. The van der Waals surface area contributed by atoms with Crippen LogP contribution in [0.2, 0.25) is 0 Å². The van der Waals surface area contributed by atoms with Gasteiger partial charge in [0.1, 0.15) is 0 Å². The third kappa shape index (κ3) is 1.89. The Morgan fingerprint density at radius 3 is 2.30 bits per heavy atom. The third-order valence-corrected chi connectivity index (χ3v) is 3.42. The summed E-state index contributed by atoms with van der Waals surface area (Å²) < 4.78 is 0. The second kappa shape index (κ2) is 4.70. The summed E-state index contributed by atoms with van der Waals surface area (Å²) in [5.41, 5.74) is 8.16. The molecule has 0 aliphatic rings. The molecule has 0 aliphatic heterocycles. The van der Waals surface area contributed by atoms with Crippen LogP contribution in [0.5, 0.6) is 0 Å². The lowest BCUT2D eigenvalue weighted by atomic mass is 9.95. The second-order valence-corrected chi connectivity index (χ2v) is 4.60. The molecule has 3 aromatic carbocycles. The van der Waals surface area contributed by atoms with Crippen LogP contribution in [-0.2, 0) is 0 Å². The SMILES string of the molecule is Nc1c(C(=O)O)cccc1-c1cccc2ccccc12. The highest BCUT2D eigenvalue weighted by Gasteiger charge is 2.13. The fourth-order valence-corrected chi connectivity index (χ4v) is 2.45. The van der Waals surface area contributed by atoms with Gasteiger partial charge in [-0.2, -0.15) is 0 Å². The Labute approximate surface area is 116 Å². The molecule has 0 unspecified atom stereocenters. The minimum absolute atomic E-state index is 0.135. The Bertz CT molecular complexity index is 804. The zero-order valence-corrected chi connectivity index (χ0v) is 10.7. The summed E-state index contributed by atoms with van der Waals surface area (Å²) in [4.78, 5) is 11.2. The van der Waals surface area contributed by atoms with E-state index in [0.29, 0.717) is 5.69 Å². The lowest BCUT2D eigenvalue weighted by Gasteiger charge is -2.11. The minimum atomic E-state index is -1.01. The quantitative estimate of drug-likeness (QED) is 0.691. The molecule has 0 bridgehead atoms. The molecule has 0 spiro atoms. The molecule has 0 saturated carbocycles. The van der Waals surface area contributed by atoms with Crippen molar-refractivity contribution in [3.63, 3.8) is 0 Å². The van der Waals surface area contributed by atoms with E-state index < -0.39 is 5.97 Å². The number of carboxylic acid groups (broad SMARTS) is 1. The molecular formula is C17H13NO2. The highest BCUT2D eigenvalue weighted by Crippen LogP contribution is 2.33. The van der Waals surface area contributed by atoms with E-state index in [-0.39, 0.29) is 5.56 Å². The van der Waals surface area contributed by atoms with Crippen molar-refractivity contribution in [3.05, 3.63) is 66.2 Å². The highest BCUT2D eigenvalue weighted by molar-refractivity contribution is 6.03. The first-order chi connectivity index (χ1) is 9.68. The number of nitrogens with two attached hydrogens (primary N) is 1. The maximum atomic E-state index is 11.2. The third-order valence-electron chi connectivity index (χ3n) is 3.42. The van der Waals surface area contributed by atoms with Crippen LogP contribution in [0, 0.1) is 0 Å². The van der Waals surface area contributed by atoms with Crippen molar-refractivity contribution in [2.75, 3.05) is 5.73 Å². The molecule has 3 heteroatoms. The molecule has 98 valence electrons. The lowest BCUT2D eigenvalue weighted by molar-refractivity contribution is 0.0698. The number of benzene rings is 3. The molecule has 0 amide bonds. The van der Waals surface area contributed by atoms with Crippen LogP contribution in [0.25, 0.3) is 21.9 Å². The Morgan fingerprint density at radius 1 is 0.850 bits per heavy atom. The van der Waals surface area contributed by atoms with E-state index in [4.69, 9.17) is 5.73 Å². The topological polar surface area (TPSA) is 63.3 Å². The van der Waals surface area contributed by atoms with Crippen molar-refractivity contribution in [2.45, 2.75) is 0 Å². The van der Waals surface area contributed by atoms with Gasteiger partial charge in [0.2, 0.25) is 0 Å². The number of rotatable bonds is 2. The number of carboxylic acids is 1. The summed E-state index contributed by atoms with van der Waals surface area (Å²) in [7, 11) is 0. The normalized spacial score (nSPS) is 10.6. The maximum Gasteiger partial charge on any atom is 0.337 e. The van der Waals surface area contributed by atoms with Crippen molar-refractivity contribution < 1.29 is 9.90 Å². The first-order valence-electron chi connectivity index (χ1n) is 6.28. The molecule has 0 saturated heterocycles. The van der Waals surface area contributed by atoms with E-state index >= 15 is 0 Å². The maximum absolute atomic E-state index is 11.2. The van der Waals surface area contributed by atoms with Crippen molar-refractivity contribution in [1.82, 2.24) is 0 Å². The summed E-state index contributed by atoms with van der Waals surface area (Å²) in [6, 6.07) is 19.0. The fraction of sp³-hybridized carbons (Fsp3) is 0. The van der Waals surface area contributed by atoms with Crippen molar-refractivity contribution in [1.29, 1.82) is 0 Å². The number of fused-ring (bicyclic) bond motifs is 1. The van der Waals surface area contributed by atoms with E-state index in [1.54, 1.807) is 6.07 Å². The van der Waals surface area contributed by atoms with Crippen LogP contribution in [0.15, 0.2) is 60.7 Å². The van der Waals surface area contributed by atoms with Crippen LogP contribution >= 0.6 is 0 Å². The van der Waals surface area contributed by atoms with Crippen molar-refractivity contribution >= 4 is 22.4 Å². The van der Waals surface area contributed by atoms with Gasteiger partial charge in [0.25, 0.3) is 0 Å².